The van der Waals surface area contributed by atoms with Gasteiger partial charge in [-0.1, -0.05) is 24.4 Å². The SMILES string of the molecule is Clc1cc(OCC2CCCC2)nc(Cl)n1. The fourth-order valence-electron chi connectivity index (χ4n) is 1.82. The van der Waals surface area contributed by atoms with Crippen molar-refractivity contribution < 1.29 is 4.74 Å². The number of rotatable bonds is 3. The molecule has 0 spiro atoms. The van der Waals surface area contributed by atoms with E-state index >= 15 is 0 Å². The first-order valence-electron chi connectivity index (χ1n) is 5.07. The minimum atomic E-state index is 0.129. The normalized spacial score (nSPS) is 16.9. The van der Waals surface area contributed by atoms with Crippen molar-refractivity contribution in [1.29, 1.82) is 0 Å². The molecule has 1 aromatic rings. The quantitative estimate of drug-likeness (QED) is 0.606. The second-order valence-corrected chi connectivity index (χ2v) is 4.48. The minimum absolute atomic E-state index is 0.129. The van der Waals surface area contributed by atoms with Crippen molar-refractivity contribution in [3.8, 4) is 5.88 Å². The first-order valence-corrected chi connectivity index (χ1v) is 5.82. The zero-order valence-electron chi connectivity index (χ0n) is 8.25. The van der Waals surface area contributed by atoms with Crippen molar-refractivity contribution in [1.82, 2.24) is 9.97 Å². The van der Waals surface area contributed by atoms with Gasteiger partial charge in [-0.15, -0.1) is 0 Å². The summed E-state index contributed by atoms with van der Waals surface area (Å²) in [7, 11) is 0. The molecule has 1 aliphatic carbocycles. The van der Waals surface area contributed by atoms with Crippen molar-refractivity contribution in [2.24, 2.45) is 5.92 Å². The summed E-state index contributed by atoms with van der Waals surface area (Å²) >= 11 is 11.4. The van der Waals surface area contributed by atoms with Gasteiger partial charge >= 0.3 is 0 Å². The molecular formula is C10H12Cl2N2O. The molecule has 0 aliphatic heterocycles. The Bertz CT molecular complexity index is 320. The van der Waals surface area contributed by atoms with Crippen LogP contribution < -0.4 is 4.74 Å². The highest BCUT2D eigenvalue weighted by molar-refractivity contribution is 6.31. The van der Waals surface area contributed by atoms with E-state index in [1.165, 1.54) is 25.7 Å². The van der Waals surface area contributed by atoms with Gasteiger partial charge in [-0.05, 0) is 30.4 Å². The predicted molar refractivity (Wildman–Crippen MR) is 59.5 cm³/mol. The van der Waals surface area contributed by atoms with Crippen molar-refractivity contribution in [3.05, 3.63) is 16.5 Å². The van der Waals surface area contributed by atoms with Gasteiger partial charge in [0.15, 0.2) is 0 Å². The molecule has 1 fully saturated rings. The monoisotopic (exact) mass is 246 g/mol. The maximum absolute atomic E-state index is 5.73. The van der Waals surface area contributed by atoms with Crippen LogP contribution in [0.3, 0.4) is 0 Å². The van der Waals surface area contributed by atoms with Crippen LogP contribution in [0.15, 0.2) is 6.07 Å². The van der Waals surface area contributed by atoms with Gasteiger partial charge in [0.1, 0.15) is 5.15 Å². The summed E-state index contributed by atoms with van der Waals surface area (Å²) in [4.78, 5) is 7.70. The van der Waals surface area contributed by atoms with Crippen molar-refractivity contribution in [2.75, 3.05) is 6.61 Å². The molecule has 15 heavy (non-hydrogen) atoms. The summed E-state index contributed by atoms with van der Waals surface area (Å²) < 4.78 is 5.53. The molecule has 1 saturated carbocycles. The van der Waals surface area contributed by atoms with Gasteiger partial charge in [0, 0.05) is 6.07 Å². The summed E-state index contributed by atoms with van der Waals surface area (Å²) in [5, 5.41) is 0.445. The average Bonchev–Trinajstić information content (AvgIpc) is 2.65. The van der Waals surface area contributed by atoms with Crippen LogP contribution in [0.1, 0.15) is 25.7 Å². The van der Waals surface area contributed by atoms with Gasteiger partial charge in [-0.2, -0.15) is 4.98 Å². The van der Waals surface area contributed by atoms with Gasteiger partial charge in [0.25, 0.3) is 0 Å². The van der Waals surface area contributed by atoms with Crippen LogP contribution in [0, 0.1) is 5.92 Å². The zero-order valence-corrected chi connectivity index (χ0v) is 9.76. The molecule has 0 amide bonds. The zero-order chi connectivity index (χ0) is 10.7. The number of hydrogen-bond acceptors (Lipinski definition) is 3. The van der Waals surface area contributed by atoms with Crippen molar-refractivity contribution >= 4 is 23.2 Å². The Balaban J connectivity index is 1.92. The van der Waals surface area contributed by atoms with E-state index in [2.05, 4.69) is 9.97 Å². The summed E-state index contributed by atoms with van der Waals surface area (Å²) in [6.45, 7) is 0.698. The average molecular weight is 247 g/mol. The van der Waals surface area contributed by atoms with E-state index in [1.807, 2.05) is 0 Å². The molecule has 0 saturated heterocycles. The Kier molecular flexibility index (Phi) is 3.65. The Hall–Kier alpha value is -0.540. The minimum Gasteiger partial charge on any atom is -0.477 e. The molecule has 0 atom stereocenters. The smallest absolute Gasteiger partial charge is 0.227 e. The third kappa shape index (κ3) is 3.21. The van der Waals surface area contributed by atoms with Crippen molar-refractivity contribution in [3.63, 3.8) is 0 Å². The van der Waals surface area contributed by atoms with Gasteiger partial charge in [-0.3, -0.25) is 0 Å². The molecule has 0 aromatic carbocycles. The lowest BCUT2D eigenvalue weighted by Crippen LogP contribution is -2.09. The van der Waals surface area contributed by atoms with Crippen molar-refractivity contribution in [2.45, 2.75) is 25.7 Å². The molecule has 2 rings (SSSR count). The highest BCUT2D eigenvalue weighted by Crippen LogP contribution is 2.25. The third-order valence-corrected chi connectivity index (χ3v) is 2.95. The van der Waals surface area contributed by atoms with Crippen LogP contribution in [-0.2, 0) is 0 Å². The van der Waals surface area contributed by atoms with E-state index in [9.17, 15) is 0 Å². The number of hydrogen-bond donors (Lipinski definition) is 0. The highest BCUT2D eigenvalue weighted by Gasteiger charge is 2.16. The first-order chi connectivity index (χ1) is 7.24. The number of ether oxygens (including phenoxy) is 1. The molecule has 1 aliphatic rings. The van der Waals surface area contributed by atoms with Crippen LogP contribution in [0.2, 0.25) is 10.4 Å². The van der Waals surface area contributed by atoms with Crippen LogP contribution >= 0.6 is 23.2 Å². The summed E-state index contributed by atoms with van der Waals surface area (Å²) in [6.07, 6.45) is 5.09. The fraction of sp³-hybridized carbons (Fsp3) is 0.600. The molecule has 0 radical (unpaired) electrons. The van der Waals surface area contributed by atoms with Gasteiger partial charge in [0.2, 0.25) is 11.2 Å². The molecule has 0 unspecified atom stereocenters. The largest absolute Gasteiger partial charge is 0.477 e. The highest BCUT2D eigenvalue weighted by atomic mass is 35.5. The lowest BCUT2D eigenvalue weighted by molar-refractivity contribution is 0.243. The van der Waals surface area contributed by atoms with Crippen LogP contribution in [-0.4, -0.2) is 16.6 Å². The lowest BCUT2D eigenvalue weighted by Gasteiger charge is -2.10. The topological polar surface area (TPSA) is 35.0 Å². The van der Waals surface area contributed by atoms with Crippen LogP contribution in [0.25, 0.3) is 0 Å². The molecule has 0 N–H and O–H groups in total. The Morgan fingerprint density at radius 2 is 2.00 bits per heavy atom. The Labute approximate surface area is 98.8 Å². The number of aromatic nitrogens is 2. The molecular weight excluding hydrogens is 235 g/mol. The summed E-state index contributed by atoms with van der Waals surface area (Å²) in [5.74, 6) is 1.12. The van der Waals surface area contributed by atoms with E-state index in [4.69, 9.17) is 27.9 Å². The number of nitrogens with zero attached hydrogens (tertiary/aromatic N) is 2. The van der Waals surface area contributed by atoms with Crippen LogP contribution in [0.4, 0.5) is 0 Å². The second kappa shape index (κ2) is 4.99. The number of halogens is 2. The van der Waals surface area contributed by atoms with Gasteiger partial charge in [-0.25, -0.2) is 4.98 Å². The summed E-state index contributed by atoms with van der Waals surface area (Å²) in [5.41, 5.74) is 0. The van der Waals surface area contributed by atoms with E-state index in [0.29, 0.717) is 23.6 Å². The third-order valence-electron chi connectivity index (χ3n) is 2.59. The Morgan fingerprint density at radius 3 is 2.67 bits per heavy atom. The second-order valence-electron chi connectivity index (χ2n) is 3.76. The first kappa shape index (κ1) is 11.0. The molecule has 1 heterocycles. The van der Waals surface area contributed by atoms with Crippen LogP contribution in [0.5, 0.6) is 5.88 Å². The maximum Gasteiger partial charge on any atom is 0.227 e. The van der Waals surface area contributed by atoms with E-state index in [1.54, 1.807) is 6.07 Å². The maximum atomic E-state index is 5.73. The van der Waals surface area contributed by atoms with Gasteiger partial charge < -0.3 is 4.74 Å². The molecule has 0 bridgehead atoms. The molecule has 82 valence electrons. The predicted octanol–water partition coefficient (Wildman–Crippen LogP) is 3.35. The molecule has 5 heteroatoms. The van der Waals surface area contributed by atoms with Gasteiger partial charge in [0.05, 0.1) is 6.61 Å². The van der Waals surface area contributed by atoms with E-state index in [-0.39, 0.29) is 5.28 Å². The standard InChI is InChI=1S/C10H12Cl2N2O/c11-8-5-9(14-10(12)13-8)15-6-7-3-1-2-4-7/h5,7H,1-4,6H2. The van der Waals surface area contributed by atoms with E-state index in [0.717, 1.165) is 0 Å². The lowest BCUT2D eigenvalue weighted by atomic mass is 10.1. The Morgan fingerprint density at radius 1 is 1.27 bits per heavy atom. The summed E-state index contributed by atoms with van der Waals surface area (Å²) in [6, 6.07) is 1.59. The molecule has 1 aromatic heterocycles. The fourth-order valence-corrected chi connectivity index (χ4v) is 2.22. The van der Waals surface area contributed by atoms with E-state index < -0.39 is 0 Å². The molecule has 3 nitrogen and oxygen atoms in total.